The van der Waals surface area contributed by atoms with Gasteiger partial charge >= 0.3 is 11.9 Å². The molecule has 3 aromatic carbocycles. The van der Waals surface area contributed by atoms with Crippen molar-refractivity contribution in [2.45, 2.75) is 57.8 Å². The number of aliphatic hydroxyl groups is 2. The number of nitrogens with one attached hydrogen (secondary N) is 1. The number of amides is 1. The molecule has 230 valence electrons. The van der Waals surface area contributed by atoms with Gasteiger partial charge in [0, 0.05) is 23.4 Å². The molecule has 2 atom stereocenters. The Labute approximate surface area is 256 Å². The fraction of sp³-hybridized carbons (Fsp3) is 0.286. The lowest BCUT2D eigenvalue weighted by atomic mass is 9.94. The molecule has 9 nitrogen and oxygen atoms in total. The van der Waals surface area contributed by atoms with Gasteiger partial charge in [0.1, 0.15) is 6.61 Å². The second kappa shape index (κ2) is 15.1. The zero-order valence-corrected chi connectivity index (χ0v) is 24.8. The van der Waals surface area contributed by atoms with E-state index < -0.39 is 30.6 Å². The van der Waals surface area contributed by atoms with Crippen molar-refractivity contribution in [3.05, 3.63) is 102 Å². The molecule has 4 N–H and O–H groups in total. The number of hydrogen-bond acceptors (Lipinski definition) is 6. The van der Waals surface area contributed by atoms with Crippen LogP contribution in [0, 0.1) is 0 Å². The Morgan fingerprint density at radius 3 is 1.91 bits per heavy atom. The average molecular weight is 599 g/mol. The molecule has 0 radical (unpaired) electrons. The Hall–Kier alpha value is -4.73. The number of aliphatic carboxylic acids is 1. The van der Waals surface area contributed by atoms with E-state index in [0.717, 1.165) is 28.1 Å². The SMILES string of the molecule is CC(C)c1c(C(=O)Nc2ccccc2)c(-c2ccccc2)c(-c2ccccc2)n1CCOC(=O)CC(O)CC(O)CC(=O)O. The lowest BCUT2D eigenvalue weighted by Gasteiger charge is -2.18. The Bertz CT molecular complexity index is 1550. The monoisotopic (exact) mass is 598 g/mol. The molecule has 0 aliphatic heterocycles. The van der Waals surface area contributed by atoms with Crippen LogP contribution in [0.3, 0.4) is 0 Å². The van der Waals surface area contributed by atoms with Gasteiger partial charge in [-0.25, -0.2) is 0 Å². The standard InChI is InChI=1S/C35H38N2O7/c1-23(2)33-32(35(43)36-26-16-10-5-11-17-26)31(24-12-6-3-7-13-24)34(25-14-8-4-9-15-25)37(33)18-19-44-30(42)22-28(39)20-27(38)21-29(40)41/h3-17,23,27-28,38-39H,18-22H2,1-2H3,(H,36,43)(H,40,41). The van der Waals surface area contributed by atoms with Gasteiger partial charge in [-0.3, -0.25) is 14.4 Å². The lowest BCUT2D eigenvalue weighted by Crippen LogP contribution is -2.24. The third-order valence-electron chi connectivity index (χ3n) is 7.15. The van der Waals surface area contributed by atoms with Crippen molar-refractivity contribution in [3.63, 3.8) is 0 Å². The van der Waals surface area contributed by atoms with Crippen LogP contribution in [0.2, 0.25) is 0 Å². The Balaban J connectivity index is 1.72. The van der Waals surface area contributed by atoms with Gasteiger partial charge in [0.2, 0.25) is 0 Å². The third-order valence-corrected chi connectivity index (χ3v) is 7.15. The number of para-hydroxylation sites is 1. The smallest absolute Gasteiger partial charge is 0.308 e. The number of rotatable bonds is 14. The Morgan fingerprint density at radius 2 is 1.34 bits per heavy atom. The van der Waals surface area contributed by atoms with E-state index in [2.05, 4.69) is 5.32 Å². The highest BCUT2D eigenvalue weighted by Crippen LogP contribution is 2.42. The van der Waals surface area contributed by atoms with Crippen molar-refractivity contribution in [2.75, 3.05) is 11.9 Å². The minimum absolute atomic E-state index is 0.0363. The summed E-state index contributed by atoms with van der Waals surface area (Å²) < 4.78 is 7.53. The topological polar surface area (TPSA) is 138 Å². The van der Waals surface area contributed by atoms with Crippen LogP contribution in [0.4, 0.5) is 5.69 Å². The largest absolute Gasteiger partial charge is 0.481 e. The number of hydrogen-bond donors (Lipinski definition) is 4. The number of carboxylic acids is 1. The molecule has 4 rings (SSSR count). The molecule has 2 unspecified atom stereocenters. The summed E-state index contributed by atoms with van der Waals surface area (Å²) in [5.41, 5.74) is 5.31. The molecule has 4 aromatic rings. The molecule has 0 aliphatic carbocycles. The van der Waals surface area contributed by atoms with Gasteiger partial charge in [-0.2, -0.15) is 0 Å². The summed E-state index contributed by atoms with van der Waals surface area (Å²) in [6.45, 7) is 4.23. The van der Waals surface area contributed by atoms with Gasteiger partial charge in [-0.1, -0.05) is 92.7 Å². The average Bonchev–Trinajstić information content (AvgIpc) is 3.33. The van der Waals surface area contributed by atoms with Gasteiger partial charge in [0.25, 0.3) is 5.91 Å². The number of nitrogens with zero attached hydrogens (tertiary/aromatic N) is 1. The normalized spacial score (nSPS) is 12.5. The van der Waals surface area contributed by atoms with E-state index >= 15 is 0 Å². The number of carboxylic acid groups (broad SMARTS) is 1. The van der Waals surface area contributed by atoms with Crippen LogP contribution in [0.15, 0.2) is 91.0 Å². The van der Waals surface area contributed by atoms with Crippen LogP contribution in [0.5, 0.6) is 0 Å². The molecule has 0 bridgehead atoms. The van der Waals surface area contributed by atoms with E-state index in [9.17, 15) is 24.6 Å². The van der Waals surface area contributed by atoms with Gasteiger partial charge in [-0.15, -0.1) is 0 Å². The second-order valence-corrected chi connectivity index (χ2v) is 10.9. The summed E-state index contributed by atoms with van der Waals surface area (Å²) >= 11 is 0. The number of aromatic nitrogens is 1. The van der Waals surface area contributed by atoms with Crippen molar-refractivity contribution in [2.24, 2.45) is 0 Å². The number of aliphatic hydroxyl groups excluding tert-OH is 2. The summed E-state index contributed by atoms with van der Waals surface area (Å²) in [7, 11) is 0. The van der Waals surface area contributed by atoms with Crippen molar-refractivity contribution < 1.29 is 34.4 Å². The molecule has 0 fully saturated rings. The number of esters is 1. The predicted octanol–water partition coefficient (Wildman–Crippen LogP) is 5.72. The van der Waals surface area contributed by atoms with E-state index in [4.69, 9.17) is 9.84 Å². The van der Waals surface area contributed by atoms with Crippen LogP contribution in [0.1, 0.15) is 55.1 Å². The predicted molar refractivity (Wildman–Crippen MR) is 168 cm³/mol. The minimum Gasteiger partial charge on any atom is -0.481 e. The van der Waals surface area contributed by atoms with Gasteiger partial charge in [0.05, 0.1) is 42.9 Å². The zero-order valence-electron chi connectivity index (χ0n) is 24.8. The first-order valence-corrected chi connectivity index (χ1v) is 14.6. The number of benzene rings is 3. The summed E-state index contributed by atoms with van der Waals surface area (Å²) in [4.78, 5) is 37.5. The molecule has 44 heavy (non-hydrogen) atoms. The van der Waals surface area contributed by atoms with Gasteiger partial charge in [0.15, 0.2) is 0 Å². The summed E-state index contributed by atoms with van der Waals surface area (Å²) in [5.74, 6) is -2.21. The minimum atomic E-state index is -1.27. The maximum absolute atomic E-state index is 14.1. The summed E-state index contributed by atoms with van der Waals surface area (Å²) in [6, 6.07) is 28.7. The number of anilines is 1. The molecule has 0 saturated heterocycles. The molecule has 9 heteroatoms. The highest BCUT2D eigenvalue weighted by atomic mass is 16.5. The van der Waals surface area contributed by atoms with Crippen LogP contribution in [0.25, 0.3) is 22.4 Å². The van der Waals surface area contributed by atoms with E-state index in [-0.39, 0.29) is 37.8 Å². The quantitative estimate of drug-likeness (QED) is 0.136. The fourth-order valence-corrected chi connectivity index (χ4v) is 5.38. The van der Waals surface area contributed by atoms with Crippen molar-refractivity contribution in [1.29, 1.82) is 0 Å². The fourth-order valence-electron chi connectivity index (χ4n) is 5.38. The first-order chi connectivity index (χ1) is 21.2. The maximum Gasteiger partial charge on any atom is 0.308 e. The van der Waals surface area contributed by atoms with Crippen LogP contribution in [-0.2, 0) is 20.9 Å². The molecular weight excluding hydrogens is 560 g/mol. The van der Waals surface area contributed by atoms with Crippen molar-refractivity contribution in [3.8, 4) is 22.4 Å². The number of ether oxygens (including phenoxy) is 1. The summed E-state index contributed by atoms with van der Waals surface area (Å²) in [6.07, 6.45) is -3.68. The lowest BCUT2D eigenvalue weighted by molar-refractivity contribution is -0.146. The number of carbonyl (C=O) groups is 3. The Kier molecular flexibility index (Phi) is 11.1. The molecule has 0 saturated carbocycles. The van der Waals surface area contributed by atoms with E-state index in [1.54, 1.807) is 0 Å². The van der Waals surface area contributed by atoms with E-state index in [0.29, 0.717) is 11.3 Å². The summed E-state index contributed by atoms with van der Waals surface area (Å²) in [5, 5.41) is 31.8. The molecule has 0 aliphatic rings. The number of carbonyl (C=O) groups excluding carboxylic acids is 2. The molecule has 1 aromatic heterocycles. The van der Waals surface area contributed by atoms with Crippen molar-refractivity contribution in [1.82, 2.24) is 4.57 Å². The highest BCUT2D eigenvalue weighted by molar-refractivity contribution is 6.12. The van der Waals surface area contributed by atoms with E-state index in [1.807, 2.05) is 109 Å². The van der Waals surface area contributed by atoms with Crippen LogP contribution in [-0.4, -0.2) is 56.5 Å². The van der Waals surface area contributed by atoms with Crippen molar-refractivity contribution >= 4 is 23.5 Å². The van der Waals surface area contributed by atoms with Crippen LogP contribution >= 0.6 is 0 Å². The maximum atomic E-state index is 14.1. The van der Waals surface area contributed by atoms with Crippen LogP contribution < -0.4 is 5.32 Å². The highest BCUT2D eigenvalue weighted by Gasteiger charge is 2.30. The first kappa shape index (κ1) is 32.2. The molecule has 0 spiro atoms. The molecule has 1 amide bonds. The molecular formula is C35H38N2O7. The van der Waals surface area contributed by atoms with E-state index in [1.165, 1.54) is 0 Å². The molecule has 1 heterocycles. The van der Waals surface area contributed by atoms with Gasteiger partial charge < -0.3 is 29.9 Å². The zero-order chi connectivity index (χ0) is 31.6. The Morgan fingerprint density at radius 1 is 0.795 bits per heavy atom. The van der Waals surface area contributed by atoms with Gasteiger partial charge in [-0.05, 0) is 29.2 Å². The second-order valence-electron chi connectivity index (χ2n) is 10.9. The third kappa shape index (κ3) is 8.21. The first-order valence-electron chi connectivity index (χ1n) is 14.6.